The van der Waals surface area contributed by atoms with Gasteiger partial charge in [0, 0.05) is 12.0 Å². The van der Waals surface area contributed by atoms with Crippen LogP contribution in [-0.2, 0) is 24.4 Å². The van der Waals surface area contributed by atoms with Gasteiger partial charge in [-0.2, -0.15) is 8.42 Å². The van der Waals surface area contributed by atoms with E-state index in [4.69, 9.17) is 14.4 Å². The summed E-state index contributed by atoms with van der Waals surface area (Å²) in [4.78, 5) is 21.6. The molecule has 0 aliphatic carbocycles. The van der Waals surface area contributed by atoms with Gasteiger partial charge in [-0.05, 0) is 13.8 Å². The average molecular weight is 319 g/mol. The Kier molecular flexibility index (Phi) is 10.4. The Morgan fingerprint density at radius 2 is 1.89 bits per heavy atom. The van der Waals surface area contributed by atoms with Gasteiger partial charge in [0.25, 0.3) is 10.1 Å². The molecule has 0 heterocycles. The van der Waals surface area contributed by atoms with Crippen molar-refractivity contribution in [3.63, 3.8) is 0 Å². The molecule has 0 saturated heterocycles. The Bertz CT molecular complexity index is 431. The molecule has 19 heavy (non-hydrogen) atoms. The molecule has 3 unspecified atom stereocenters. The van der Waals surface area contributed by atoms with Crippen LogP contribution >= 0.6 is 0 Å². The normalized spacial score (nSPS) is 15.5. The number of ether oxygens (including phenoxy) is 1. The molecule has 0 aromatic rings. The van der Waals surface area contributed by atoms with Crippen LogP contribution in [0, 0.1) is 12.8 Å². The number of carboxylic acid groups (broad SMARTS) is 1. The van der Waals surface area contributed by atoms with Crippen LogP contribution in [0.5, 0.6) is 0 Å². The summed E-state index contributed by atoms with van der Waals surface area (Å²) < 4.78 is 35.5. The Balaban J connectivity index is 0. The van der Waals surface area contributed by atoms with Gasteiger partial charge in [-0.15, -0.1) is 0 Å². The molecule has 105 valence electrons. The van der Waals surface area contributed by atoms with Crippen molar-refractivity contribution < 1.29 is 32.4 Å². The SMILES string of the molecule is [CH2]C(C(CC(=O)O)C(C)OC(=O)C=C)S(=O)(=O)O.[KH]. The Morgan fingerprint density at radius 1 is 1.42 bits per heavy atom. The quantitative estimate of drug-likeness (QED) is 0.285. The first kappa shape index (κ1) is 21.5. The number of hydrogen-bond acceptors (Lipinski definition) is 5. The summed E-state index contributed by atoms with van der Waals surface area (Å²) in [5.41, 5.74) is 0. The van der Waals surface area contributed by atoms with Crippen molar-refractivity contribution in [1.29, 1.82) is 0 Å². The van der Waals surface area contributed by atoms with Gasteiger partial charge < -0.3 is 9.84 Å². The summed E-state index contributed by atoms with van der Waals surface area (Å²) in [6.45, 7) is 7.67. The molecule has 0 spiro atoms. The van der Waals surface area contributed by atoms with E-state index in [1.807, 2.05) is 0 Å². The van der Waals surface area contributed by atoms with Gasteiger partial charge >= 0.3 is 63.3 Å². The molecule has 1 radical (unpaired) electrons. The molecule has 0 aliphatic heterocycles. The predicted molar refractivity (Wildman–Crippen MR) is 69.3 cm³/mol. The zero-order chi connectivity index (χ0) is 14.5. The van der Waals surface area contributed by atoms with E-state index in [1.165, 1.54) is 6.92 Å². The van der Waals surface area contributed by atoms with Crippen LogP contribution in [0.2, 0.25) is 0 Å². The second-order valence-corrected chi connectivity index (χ2v) is 5.30. The molecule has 7 nitrogen and oxygen atoms in total. The zero-order valence-electron chi connectivity index (χ0n) is 9.77. The third-order valence-corrected chi connectivity index (χ3v) is 3.46. The molecular weight excluding hydrogens is 303 g/mol. The van der Waals surface area contributed by atoms with Crippen molar-refractivity contribution in [3.8, 4) is 0 Å². The van der Waals surface area contributed by atoms with E-state index in [9.17, 15) is 18.0 Å². The van der Waals surface area contributed by atoms with E-state index in [-0.39, 0.29) is 51.4 Å². The van der Waals surface area contributed by atoms with E-state index in [1.54, 1.807) is 0 Å². The minimum absolute atomic E-state index is 0. The molecule has 0 rings (SSSR count). The molecular formula is C10H16KO7S. The zero-order valence-corrected chi connectivity index (χ0v) is 10.6. The Hall–Kier alpha value is 0.226. The molecule has 3 atom stereocenters. The second kappa shape index (κ2) is 9.22. The monoisotopic (exact) mass is 319 g/mol. The van der Waals surface area contributed by atoms with Gasteiger partial charge in [0.2, 0.25) is 0 Å². The number of hydrogen-bond donors (Lipinski definition) is 2. The Morgan fingerprint density at radius 3 is 2.21 bits per heavy atom. The summed E-state index contributed by atoms with van der Waals surface area (Å²) in [5, 5.41) is 7.06. The van der Waals surface area contributed by atoms with Gasteiger partial charge in [0.15, 0.2) is 0 Å². The van der Waals surface area contributed by atoms with Crippen LogP contribution in [0.3, 0.4) is 0 Å². The molecule has 0 bridgehead atoms. The standard InChI is InChI=1S/C10H15O7S.K.H/c1-4-10(13)17-6(2)8(5-9(11)12)7(3)18(14,15)16;;/h4,6-8H,1,3,5H2,2H3,(H,11,12)(H,14,15,16);;. The summed E-state index contributed by atoms with van der Waals surface area (Å²) in [7, 11) is -4.53. The third-order valence-electron chi connectivity index (χ3n) is 2.34. The number of carbonyl (C=O) groups is 2. The van der Waals surface area contributed by atoms with Gasteiger partial charge in [0.05, 0.1) is 11.7 Å². The van der Waals surface area contributed by atoms with E-state index >= 15 is 0 Å². The molecule has 0 amide bonds. The second-order valence-electron chi connectivity index (χ2n) is 3.66. The molecule has 0 aromatic carbocycles. The van der Waals surface area contributed by atoms with Crippen LogP contribution in [0.1, 0.15) is 13.3 Å². The van der Waals surface area contributed by atoms with Crippen molar-refractivity contribution in [2.24, 2.45) is 5.92 Å². The van der Waals surface area contributed by atoms with Crippen molar-refractivity contribution in [2.45, 2.75) is 24.7 Å². The van der Waals surface area contributed by atoms with Crippen LogP contribution in [0.25, 0.3) is 0 Å². The van der Waals surface area contributed by atoms with Crippen molar-refractivity contribution in [2.75, 3.05) is 0 Å². The molecule has 9 heteroatoms. The van der Waals surface area contributed by atoms with Gasteiger partial charge in [-0.3, -0.25) is 9.35 Å². The summed E-state index contributed by atoms with van der Waals surface area (Å²) >= 11 is 0. The minimum atomic E-state index is -4.53. The summed E-state index contributed by atoms with van der Waals surface area (Å²) in [5.74, 6) is -3.28. The van der Waals surface area contributed by atoms with Gasteiger partial charge in [0.1, 0.15) is 6.10 Å². The van der Waals surface area contributed by atoms with Crippen molar-refractivity contribution in [3.05, 3.63) is 19.6 Å². The first-order valence-corrected chi connectivity index (χ1v) is 6.44. The molecule has 0 aromatic heterocycles. The van der Waals surface area contributed by atoms with E-state index in [0.717, 1.165) is 6.08 Å². The molecule has 0 fully saturated rings. The first-order chi connectivity index (χ1) is 8.09. The Labute approximate surface area is 154 Å². The van der Waals surface area contributed by atoms with E-state index in [0.29, 0.717) is 0 Å². The molecule has 2 N–H and O–H groups in total. The predicted octanol–water partition coefficient (Wildman–Crippen LogP) is -0.363. The van der Waals surface area contributed by atoms with Gasteiger partial charge in [-0.1, -0.05) is 6.58 Å². The number of esters is 1. The fraction of sp³-hybridized carbons (Fsp3) is 0.500. The number of carboxylic acids is 1. The summed E-state index contributed by atoms with van der Waals surface area (Å²) in [6, 6.07) is 0. The van der Waals surface area contributed by atoms with E-state index < -0.39 is 45.7 Å². The third kappa shape index (κ3) is 8.18. The molecule has 0 aliphatic rings. The number of rotatable bonds is 7. The van der Waals surface area contributed by atoms with Crippen LogP contribution in [0.15, 0.2) is 12.7 Å². The topological polar surface area (TPSA) is 118 Å². The van der Waals surface area contributed by atoms with Crippen LogP contribution in [-0.4, -0.2) is 92.8 Å². The first-order valence-electron chi connectivity index (χ1n) is 4.93. The fourth-order valence-corrected chi connectivity index (χ4v) is 2.10. The molecule has 0 saturated carbocycles. The van der Waals surface area contributed by atoms with Crippen molar-refractivity contribution in [1.82, 2.24) is 0 Å². The van der Waals surface area contributed by atoms with Crippen LogP contribution < -0.4 is 0 Å². The van der Waals surface area contributed by atoms with Gasteiger partial charge in [-0.25, -0.2) is 4.79 Å². The maximum absolute atomic E-state index is 11.0. The fourth-order valence-electron chi connectivity index (χ4n) is 1.34. The van der Waals surface area contributed by atoms with Crippen molar-refractivity contribution >= 4 is 73.4 Å². The number of aliphatic carboxylic acids is 1. The number of carbonyl (C=O) groups excluding carboxylic acids is 1. The summed E-state index contributed by atoms with van der Waals surface area (Å²) in [6.07, 6.45) is -0.796. The van der Waals surface area contributed by atoms with Crippen LogP contribution in [0.4, 0.5) is 0 Å². The van der Waals surface area contributed by atoms with E-state index in [2.05, 4.69) is 13.5 Å². The average Bonchev–Trinajstić information content (AvgIpc) is 2.22. The maximum atomic E-state index is 11.0.